The molecule has 7 heteroatoms. The maximum absolute atomic E-state index is 9.20. The third-order valence-corrected chi connectivity index (χ3v) is 4.75. The molecule has 2 aromatic heterocycles. The van der Waals surface area contributed by atoms with E-state index in [1.54, 1.807) is 6.20 Å². The smallest absolute Gasteiger partial charge is 0.129 e. The van der Waals surface area contributed by atoms with Crippen molar-refractivity contribution >= 4 is 5.82 Å². The van der Waals surface area contributed by atoms with Crippen LogP contribution in [0, 0.1) is 25.2 Å². The van der Waals surface area contributed by atoms with Crippen molar-refractivity contribution in [3.63, 3.8) is 0 Å². The first-order chi connectivity index (χ1) is 11.2. The fraction of sp³-hybridized carbons (Fsp3) is 0.500. The molecule has 2 aliphatic heterocycles. The Labute approximate surface area is 134 Å². The van der Waals surface area contributed by atoms with Crippen molar-refractivity contribution < 1.29 is 4.74 Å². The second-order valence-electron chi connectivity index (χ2n) is 6.19. The summed E-state index contributed by atoms with van der Waals surface area (Å²) in [6.07, 6.45) is 2.88. The van der Waals surface area contributed by atoms with Gasteiger partial charge in [-0.2, -0.15) is 5.26 Å². The van der Waals surface area contributed by atoms with Crippen LogP contribution in [0.2, 0.25) is 0 Å². The standard InChI is InChI=1S/C16H18N6O/c1-10-5-16(19-11(2)13(10)6-17)21-4-3-15-14(8-21)22-12(9-23-15)7-18-20-22/h5,7,14-15H,3-4,8-9H2,1-2H3/t14-,15-/m1/s1. The molecule has 23 heavy (non-hydrogen) atoms. The van der Waals surface area contributed by atoms with Gasteiger partial charge in [0.2, 0.25) is 0 Å². The predicted molar refractivity (Wildman–Crippen MR) is 82.9 cm³/mol. The van der Waals surface area contributed by atoms with E-state index in [1.807, 2.05) is 24.6 Å². The van der Waals surface area contributed by atoms with Crippen LogP contribution in [0.5, 0.6) is 0 Å². The van der Waals surface area contributed by atoms with E-state index in [2.05, 4.69) is 26.3 Å². The minimum absolute atomic E-state index is 0.160. The van der Waals surface area contributed by atoms with Crippen molar-refractivity contribution in [2.45, 2.75) is 39.0 Å². The number of nitrogens with zero attached hydrogens (tertiary/aromatic N) is 6. The highest BCUT2D eigenvalue weighted by Gasteiger charge is 2.36. The maximum atomic E-state index is 9.20. The molecule has 0 saturated carbocycles. The molecule has 0 amide bonds. The van der Waals surface area contributed by atoms with E-state index >= 15 is 0 Å². The Morgan fingerprint density at radius 3 is 3.04 bits per heavy atom. The van der Waals surface area contributed by atoms with Gasteiger partial charge < -0.3 is 9.64 Å². The molecule has 4 rings (SSSR count). The number of hydrogen-bond donors (Lipinski definition) is 0. The van der Waals surface area contributed by atoms with Gasteiger partial charge in [-0.25, -0.2) is 9.67 Å². The zero-order valence-electron chi connectivity index (χ0n) is 13.2. The van der Waals surface area contributed by atoms with Gasteiger partial charge in [0.1, 0.15) is 11.9 Å². The van der Waals surface area contributed by atoms with Crippen LogP contribution >= 0.6 is 0 Å². The van der Waals surface area contributed by atoms with Crippen molar-refractivity contribution in [3.05, 3.63) is 34.8 Å². The van der Waals surface area contributed by atoms with Crippen molar-refractivity contribution in [2.24, 2.45) is 0 Å². The fourth-order valence-corrected chi connectivity index (χ4v) is 3.53. The largest absolute Gasteiger partial charge is 0.370 e. The number of piperidine rings is 1. The average Bonchev–Trinajstić information content (AvgIpc) is 3.03. The lowest BCUT2D eigenvalue weighted by Gasteiger charge is -2.41. The molecule has 0 aromatic carbocycles. The molecule has 4 heterocycles. The van der Waals surface area contributed by atoms with Gasteiger partial charge in [-0.15, -0.1) is 5.10 Å². The van der Waals surface area contributed by atoms with Gasteiger partial charge in [0.25, 0.3) is 0 Å². The number of ether oxygens (including phenoxy) is 1. The molecule has 0 spiro atoms. The topological polar surface area (TPSA) is 79.9 Å². The molecule has 2 aliphatic rings. The van der Waals surface area contributed by atoms with Crippen molar-refractivity contribution in [1.82, 2.24) is 20.0 Å². The van der Waals surface area contributed by atoms with Crippen LogP contribution in [0.3, 0.4) is 0 Å². The highest BCUT2D eigenvalue weighted by molar-refractivity contribution is 5.50. The normalized spacial score (nSPS) is 23.1. The van der Waals surface area contributed by atoms with E-state index < -0.39 is 0 Å². The molecule has 1 fully saturated rings. The number of fused-ring (bicyclic) bond motifs is 3. The minimum Gasteiger partial charge on any atom is -0.370 e. The van der Waals surface area contributed by atoms with E-state index in [0.717, 1.165) is 42.3 Å². The molecule has 0 aliphatic carbocycles. The quantitative estimate of drug-likeness (QED) is 0.794. The highest BCUT2D eigenvalue weighted by atomic mass is 16.5. The van der Waals surface area contributed by atoms with E-state index in [4.69, 9.17) is 4.74 Å². The number of nitriles is 1. The molecule has 118 valence electrons. The van der Waals surface area contributed by atoms with Crippen LogP contribution in [0.15, 0.2) is 12.3 Å². The van der Waals surface area contributed by atoms with Gasteiger partial charge in [-0.1, -0.05) is 5.21 Å². The number of aryl methyl sites for hydroxylation is 2. The average molecular weight is 310 g/mol. The first kappa shape index (κ1) is 14.2. The monoisotopic (exact) mass is 310 g/mol. The molecule has 7 nitrogen and oxygen atoms in total. The van der Waals surface area contributed by atoms with Crippen molar-refractivity contribution in [3.8, 4) is 6.07 Å². The summed E-state index contributed by atoms with van der Waals surface area (Å²) in [5, 5.41) is 17.4. The second-order valence-corrected chi connectivity index (χ2v) is 6.19. The lowest BCUT2D eigenvalue weighted by atomic mass is 10.00. The predicted octanol–water partition coefficient (Wildman–Crippen LogP) is 1.51. The Morgan fingerprint density at radius 1 is 1.39 bits per heavy atom. The van der Waals surface area contributed by atoms with Gasteiger partial charge in [-0.3, -0.25) is 0 Å². The first-order valence-electron chi connectivity index (χ1n) is 7.81. The van der Waals surface area contributed by atoms with Crippen LogP contribution in [-0.2, 0) is 11.3 Å². The second kappa shape index (κ2) is 5.32. The van der Waals surface area contributed by atoms with E-state index in [1.165, 1.54) is 0 Å². The number of anilines is 1. The summed E-state index contributed by atoms with van der Waals surface area (Å²) in [5.41, 5.74) is 3.45. The Bertz CT molecular complexity index is 769. The Hall–Kier alpha value is -2.46. The number of hydrogen-bond acceptors (Lipinski definition) is 6. The summed E-state index contributed by atoms with van der Waals surface area (Å²) in [4.78, 5) is 6.88. The molecular weight excluding hydrogens is 292 g/mol. The fourth-order valence-electron chi connectivity index (χ4n) is 3.53. The third kappa shape index (κ3) is 2.26. The van der Waals surface area contributed by atoms with Gasteiger partial charge in [0.05, 0.1) is 41.9 Å². The molecule has 0 radical (unpaired) electrons. The lowest BCUT2D eigenvalue weighted by Crippen LogP contribution is -2.48. The van der Waals surface area contributed by atoms with Crippen LogP contribution < -0.4 is 4.90 Å². The zero-order valence-corrected chi connectivity index (χ0v) is 13.2. The summed E-state index contributed by atoms with van der Waals surface area (Å²) in [6.45, 7) is 6.12. The summed E-state index contributed by atoms with van der Waals surface area (Å²) in [7, 11) is 0. The number of aromatic nitrogens is 4. The summed E-state index contributed by atoms with van der Waals surface area (Å²) < 4.78 is 7.93. The summed E-state index contributed by atoms with van der Waals surface area (Å²) >= 11 is 0. The maximum Gasteiger partial charge on any atom is 0.129 e. The zero-order chi connectivity index (χ0) is 16.0. The Morgan fingerprint density at radius 2 is 2.26 bits per heavy atom. The molecule has 0 N–H and O–H groups in total. The SMILES string of the molecule is Cc1cc(N2CC[C@H]3OCc4cnnn4[C@@H]3C2)nc(C)c1C#N. The van der Waals surface area contributed by atoms with Crippen molar-refractivity contribution in [2.75, 3.05) is 18.0 Å². The number of pyridine rings is 1. The van der Waals surface area contributed by atoms with E-state index in [9.17, 15) is 5.26 Å². The van der Waals surface area contributed by atoms with E-state index in [0.29, 0.717) is 12.2 Å². The lowest BCUT2D eigenvalue weighted by molar-refractivity contribution is -0.0373. The van der Waals surface area contributed by atoms with Crippen LogP contribution in [0.25, 0.3) is 0 Å². The van der Waals surface area contributed by atoms with Gasteiger partial charge in [0.15, 0.2) is 0 Å². The molecule has 0 bridgehead atoms. The number of rotatable bonds is 1. The van der Waals surface area contributed by atoms with Crippen LogP contribution in [0.1, 0.15) is 35.0 Å². The van der Waals surface area contributed by atoms with Gasteiger partial charge in [-0.05, 0) is 31.9 Å². The molecule has 2 aromatic rings. The minimum atomic E-state index is 0.160. The first-order valence-corrected chi connectivity index (χ1v) is 7.81. The molecular formula is C16H18N6O. The third-order valence-electron chi connectivity index (χ3n) is 4.75. The van der Waals surface area contributed by atoms with Gasteiger partial charge >= 0.3 is 0 Å². The van der Waals surface area contributed by atoms with Gasteiger partial charge in [0, 0.05) is 13.1 Å². The van der Waals surface area contributed by atoms with E-state index in [-0.39, 0.29) is 12.1 Å². The molecule has 0 unspecified atom stereocenters. The van der Waals surface area contributed by atoms with Crippen LogP contribution in [-0.4, -0.2) is 39.2 Å². The van der Waals surface area contributed by atoms with Crippen LogP contribution in [0.4, 0.5) is 5.82 Å². The van der Waals surface area contributed by atoms with Crippen molar-refractivity contribution in [1.29, 1.82) is 5.26 Å². The summed E-state index contributed by atoms with van der Waals surface area (Å²) in [5.74, 6) is 0.921. The molecule has 1 saturated heterocycles. The summed E-state index contributed by atoms with van der Waals surface area (Å²) in [6, 6.07) is 4.38. The Kier molecular flexibility index (Phi) is 3.27. The Balaban J connectivity index is 1.65. The molecule has 2 atom stereocenters. The highest BCUT2D eigenvalue weighted by Crippen LogP contribution is 2.32.